The summed E-state index contributed by atoms with van der Waals surface area (Å²) < 4.78 is 0. The molecule has 0 bridgehead atoms. The summed E-state index contributed by atoms with van der Waals surface area (Å²) in [5.41, 5.74) is -0.657. The van der Waals surface area contributed by atoms with E-state index in [0.29, 0.717) is 6.42 Å². The third kappa shape index (κ3) is 12.2. The van der Waals surface area contributed by atoms with Gasteiger partial charge in [0.2, 0.25) is 0 Å². The molecule has 0 amide bonds. The molecule has 0 rings (SSSR count). The van der Waals surface area contributed by atoms with Gasteiger partial charge in [-0.3, -0.25) is 0 Å². The minimum Gasteiger partial charge on any atom is -0.396 e. The summed E-state index contributed by atoms with van der Waals surface area (Å²) in [6.07, 6.45) is 13.1. The molecule has 0 heterocycles. The number of hydrogen-bond donors (Lipinski definition) is 2. The van der Waals surface area contributed by atoms with Crippen molar-refractivity contribution in [2.24, 2.45) is 0 Å². The lowest BCUT2D eigenvalue weighted by Gasteiger charge is -2.21. The van der Waals surface area contributed by atoms with Crippen molar-refractivity contribution in [3.63, 3.8) is 0 Å². The minimum absolute atomic E-state index is 0.0877. The van der Waals surface area contributed by atoms with Crippen LogP contribution < -0.4 is 0 Å². The lowest BCUT2D eigenvalue weighted by Crippen LogP contribution is -2.25. The zero-order valence-corrected chi connectivity index (χ0v) is 11.9. The van der Waals surface area contributed by atoms with E-state index in [-0.39, 0.29) is 6.61 Å². The van der Waals surface area contributed by atoms with Gasteiger partial charge in [0, 0.05) is 6.61 Å². The van der Waals surface area contributed by atoms with E-state index in [9.17, 15) is 5.11 Å². The van der Waals surface area contributed by atoms with Crippen molar-refractivity contribution >= 4 is 0 Å². The standard InChI is InChI=1S/C15H32O2/c1-3-4-5-6-7-8-9-10-11-12-15(2,17)13-14-16/h16-17H,3-14H2,1-2H3. The Hall–Kier alpha value is -0.0800. The van der Waals surface area contributed by atoms with E-state index in [1.54, 1.807) is 0 Å². The third-order valence-corrected chi connectivity index (χ3v) is 3.47. The smallest absolute Gasteiger partial charge is 0.0641 e. The van der Waals surface area contributed by atoms with Crippen molar-refractivity contribution in [1.29, 1.82) is 0 Å². The zero-order chi connectivity index (χ0) is 13.0. The second-order valence-electron chi connectivity index (χ2n) is 5.55. The topological polar surface area (TPSA) is 40.5 Å². The van der Waals surface area contributed by atoms with E-state index in [4.69, 9.17) is 5.11 Å². The fourth-order valence-electron chi connectivity index (χ4n) is 2.18. The number of aliphatic hydroxyl groups is 2. The Balaban J connectivity index is 3.18. The molecule has 0 saturated heterocycles. The molecule has 2 nitrogen and oxygen atoms in total. The van der Waals surface area contributed by atoms with Gasteiger partial charge in [-0.25, -0.2) is 0 Å². The van der Waals surface area contributed by atoms with Gasteiger partial charge in [-0.15, -0.1) is 0 Å². The Labute approximate surface area is 107 Å². The molecule has 1 unspecified atom stereocenters. The molecule has 0 spiro atoms. The van der Waals surface area contributed by atoms with Gasteiger partial charge in [0.05, 0.1) is 5.60 Å². The predicted molar refractivity (Wildman–Crippen MR) is 74.2 cm³/mol. The van der Waals surface area contributed by atoms with E-state index in [1.807, 2.05) is 6.92 Å². The van der Waals surface area contributed by atoms with Gasteiger partial charge in [-0.1, -0.05) is 64.7 Å². The largest absolute Gasteiger partial charge is 0.396 e. The zero-order valence-electron chi connectivity index (χ0n) is 11.9. The van der Waals surface area contributed by atoms with Crippen LogP contribution >= 0.6 is 0 Å². The number of rotatable bonds is 12. The summed E-state index contributed by atoms with van der Waals surface area (Å²) in [4.78, 5) is 0. The molecule has 17 heavy (non-hydrogen) atoms. The van der Waals surface area contributed by atoms with E-state index in [1.165, 1.54) is 51.4 Å². The molecule has 104 valence electrons. The highest BCUT2D eigenvalue weighted by molar-refractivity contribution is 4.71. The third-order valence-electron chi connectivity index (χ3n) is 3.47. The van der Waals surface area contributed by atoms with E-state index in [2.05, 4.69) is 6.92 Å². The minimum atomic E-state index is -0.657. The molecule has 1 atom stereocenters. The number of aliphatic hydroxyl groups excluding tert-OH is 1. The predicted octanol–water partition coefficient (Wildman–Crippen LogP) is 4.04. The van der Waals surface area contributed by atoms with Crippen LogP contribution in [0.3, 0.4) is 0 Å². The molecule has 0 saturated carbocycles. The fraction of sp³-hybridized carbons (Fsp3) is 1.00. The molecule has 0 aromatic rings. The van der Waals surface area contributed by atoms with Gasteiger partial charge in [0.15, 0.2) is 0 Å². The molecule has 0 aliphatic heterocycles. The molecular formula is C15H32O2. The maximum absolute atomic E-state index is 9.85. The molecule has 0 aliphatic rings. The number of unbranched alkanes of at least 4 members (excludes halogenated alkanes) is 8. The highest BCUT2D eigenvalue weighted by Crippen LogP contribution is 2.19. The summed E-state index contributed by atoms with van der Waals surface area (Å²) in [6.45, 7) is 4.16. The summed E-state index contributed by atoms with van der Waals surface area (Å²) in [5, 5.41) is 18.6. The van der Waals surface area contributed by atoms with E-state index in [0.717, 1.165) is 12.8 Å². The van der Waals surface area contributed by atoms with Crippen LogP contribution in [-0.4, -0.2) is 22.4 Å². The van der Waals surface area contributed by atoms with Crippen molar-refractivity contribution in [3.05, 3.63) is 0 Å². The van der Waals surface area contributed by atoms with E-state index >= 15 is 0 Å². The second kappa shape index (κ2) is 11.0. The first kappa shape index (κ1) is 16.9. The Morgan fingerprint density at radius 3 is 1.71 bits per heavy atom. The first-order valence-corrected chi connectivity index (χ1v) is 7.45. The van der Waals surface area contributed by atoms with Gasteiger partial charge < -0.3 is 10.2 Å². The maximum atomic E-state index is 9.85. The molecule has 0 aliphatic carbocycles. The highest BCUT2D eigenvalue weighted by atomic mass is 16.3. The molecule has 0 aromatic carbocycles. The van der Waals surface area contributed by atoms with Crippen molar-refractivity contribution in [2.75, 3.05) is 6.61 Å². The van der Waals surface area contributed by atoms with Gasteiger partial charge >= 0.3 is 0 Å². The lowest BCUT2D eigenvalue weighted by molar-refractivity contribution is 0.0232. The molecule has 0 radical (unpaired) electrons. The summed E-state index contributed by atoms with van der Waals surface area (Å²) >= 11 is 0. The monoisotopic (exact) mass is 244 g/mol. The molecule has 0 aromatic heterocycles. The van der Waals surface area contributed by atoms with Crippen LogP contribution in [0, 0.1) is 0 Å². The van der Waals surface area contributed by atoms with Crippen LogP contribution in [0.2, 0.25) is 0 Å². The molecule has 0 fully saturated rings. The van der Waals surface area contributed by atoms with Crippen molar-refractivity contribution < 1.29 is 10.2 Å². The number of hydrogen-bond acceptors (Lipinski definition) is 2. The van der Waals surface area contributed by atoms with Crippen LogP contribution in [0.15, 0.2) is 0 Å². The average molecular weight is 244 g/mol. The van der Waals surface area contributed by atoms with Crippen molar-refractivity contribution in [1.82, 2.24) is 0 Å². The average Bonchev–Trinajstić information content (AvgIpc) is 2.27. The van der Waals surface area contributed by atoms with Gasteiger partial charge in [0.25, 0.3) is 0 Å². The quantitative estimate of drug-likeness (QED) is 0.509. The van der Waals surface area contributed by atoms with Crippen LogP contribution in [0.5, 0.6) is 0 Å². The van der Waals surface area contributed by atoms with Crippen LogP contribution in [0.25, 0.3) is 0 Å². The SMILES string of the molecule is CCCCCCCCCCCC(C)(O)CCO. The first-order valence-electron chi connectivity index (χ1n) is 7.45. The van der Waals surface area contributed by atoms with E-state index < -0.39 is 5.60 Å². The Morgan fingerprint density at radius 1 is 0.765 bits per heavy atom. The van der Waals surface area contributed by atoms with Gasteiger partial charge in [0.1, 0.15) is 0 Å². The maximum Gasteiger partial charge on any atom is 0.0641 e. The Morgan fingerprint density at radius 2 is 1.24 bits per heavy atom. The fourth-order valence-corrected chi connectivity index (χ4v) is 2.18. The normalized spacial score (nSPS) is 14.8. The first-order chi connectivity index (χ1) is 8.12. The van der Waals surface area contributed by atoms with Crippen LogP contribution in [0.1, 0.15) is 84.5 Å². The lowest BCUT2D eigenvalue weighted by atomic mass is 9.94. The van der Waals surface area contributed by atoms with Gasteiger partial charge in [-0.2, -0.15) is 0 Å². The summed E-state index contributed by atoms with van der Waals surface area (Å²) in [7, 11) is 0. The Bertz CT molecular complexity index is 155. The van der Waals surface area contributed by atoms with Crippen molar-refractivity contribution in [2.45, 2.75) is 90.1 Å². The Kier molecular flexibility index (Phi) is 11.0. The summed E-state index contributed by atoms with van der Waals surface area (Å²) in [5.74, 6) is 0. The molecule has 2 heteroatoms. The van der Waals surface area contributed by atoms with Crippen molar-refractivity contribution in [3.8, 4) is 0 Å². The van der Waals surface area contributed by atoms with Crippen LogP contribution in [-0.2, 0) is 0 Å². The van der Waals surface area contributed by atoms with Crippen LogP contribution in [0.4, 0.5) is 0 Å². The highest BCUT2D eigenvalue weighted by Gasteiger charge is 2.18. The van der Waals surface area contributed by atoms with Gasteiger partial charge in [-0.05, 0) is 19.8 Å². The molecule has 2 N–H and O–H groups in total. The molecular weight excluding hydrogens is 212 g/mol. The summed E-state index contributed by atoms with van der Waals surface area (Å²) in [6, 6.07) is 0. The second-order valence-corrected chi connectivity index (χ2v) is 5.55.